The first-order valence-electron chi connectivity index (χ1n) is 9.55. The van der Waals surface area contributed by atoms with Crippen molar-refractivity contribution in [3.8, 4) is 11.5 Å². The van der Waals surface area contributed by atoms with Crippen molar-refractivity contribution in [2.24, 2.45) is 0 Å². The summed E-state index contributed by atoms with van der Waals surface area (Å²) in [6.45, 7) is 7.60. The second-order valence-corrected chi connectivity index (χ2v) is 7.68. The van der Waals surface area contributed by atoms with Crippen molar-refractivity contribution in [2.75, 3.05) is 12.0 Å². The van der Waals surface area contributed by atoms with Crippen LogP contribution in [0.5, 0.6) is 11.5 Å². The Balaban J connectivity index is 2.11. The van der Waals surface area contributed by atoms with Crippen LogP contribution in [-0.4, -0.2) is 30.1 Å². The topological polar surface area (TPSA) is 67.9 Å². The molecule has 6 nitrogen and oxygen atoms in total. The molecule has 0 bridgehead atoms. The summed E-state index contributed by atoms with van der Waals surface area (Å²) >= 11 is 5.31. The van der Waals surface area contributed by atoms with Gasteiger partial charge in [0.05, 0.1) is 18.9 Å². The molecule has 1 fully saturated rings. The van der Waals surface area contributed by atoms with Gasteiger partial charge in [-0.25, -0.2) is 0 Å². The van der Waals surface area contributed by atoms with E-state index in [1.54, 1.807) is 25.3 Å². The van der Waals surface area contributed by atoms with Crippen LogP contribution in [0.15, 0.2) is 42.0 Å². The van der Waals surface area contributed by atoms with E-state index in [9.17, 15) is 9.59 Å². The maximum Gasteiger partial charge on any atom is 0.270 e. The van der Waals surface area contributed by atoms with Gasteiger partial charge < -0.3 is 9.47 Å². The van der Waals surface area contributed by atoms with Crippen LogP contribution in [-0.2, 0) is 9.59 Å². The van der Waals surface area contributed by atoms with Gasteiger partial charge in [0, 0.05) is 5.56 Å². The van der Waals surface area contributed by atoms with Gasteiger partial charge in [0.1, 0.15) is 5.57 Å². The number of nitrogens with one attached hydrogen (secondary N) is 1. The first kappa shape index (κ1) is 21.5. The van der Waals surface area contributed by atoms with E-state index in [1.165, 1.54) is 11.0 Å². The lowest BCUT2D eigenvalue weighted by molar-refractivity contribution is -0.122. The van der Waals surface area contributed by atoms with Gasteiger partial charge >= 0.3 is 0 Å². The third kappa shape index (κ3) is 4.21. The second kappa shape index (κ2) is 8.67. The fourth-order valence-electron chi connectivity index (χ4n) is 3.16. The summed E-state index contributed by atoms with van der Waals surface area (Å²) in [5.74, 6) is -0.0567. The molecular formula is C23H24N2O4S. The Morgan fingerprint density at radius 1 is 1.13 bits per heavy atom. The highest BCUT2D eigenvalue weighted by Gasteiger charge is 2.35. The number of para-hydroxylation sites is 1. The molecule has 30 heavy (non-hydrogen) atoms. The van der Waals surface area contributed by atoms with Crippen LogP contribution in [0.4, 0.5) is 5.69 Å². The van der Waals surface area contributed by atoms with E-state index < -0.39 is 11.8 Å². The standard InChI is InChI=1S/C23H24N2O4S/c1-13(2)29-20-16(7-6-8-19(20)28-5)12-17-21(26)24-23(30)25(22(17)27)18-11-14(3)9-10-15(18)4/h6-13H,1-5H3,(H,24,26,30)/b17-12+. The summed E-state index contributed by atoms with van der Waals surface area (Å²) < 4.78 is 11.3. The molecule has 7 heteroatoms. The van der Waals surface area contributed by atoms with Gasteiger partial charge in [-0.15, -0.1) is 0 Å². The lowest BCUT2D eigenvalue weighted by atomic mass is 10.0. The molecule has 156 valence electrons. The minimum Gasteiger partial charge on any atom is -0.493 e. The molecule has 1 heterocycles. The Morgan fingerprint density at radius 3 is 2.53 bits per heavy atom. The first-order valence-corrected chi connectivity index (χ1v) is 9.96. The summed E-state index contributed by atoms with van der Waals surface area (Å²) in [5.41, 5.74) is 3.02. The lowest BCUT2D eigenvalue weighted by Crippen LogP contribution is -2.54. The maximum absolute atomic E-state index is 13.3. The normalized spacial score (nSPS) is 15.6. The molecule has 0 radical (unpaired) electrons. The summed E-state index contributed by atoms with van der Waals surface area (Å²) in [6.07, 6.45) is 1.39. The number of methoxy groups -OCH3 is 1. The van der Waals surface area contributed by atoms with Crippen LogP contribution in [0.1, 0.15) is 30.5 Å². The number of hydrogen-bond acceptors (Lipinski definition) is 5. The predicted octanol–water partition coefficient (Wildman–Crippen LogP) is 3.93. The zero-order chi connectivity index (χ0) is 22.0. The van der Waals surface area contributed by atoms with Gasteiger partial charge in [0.15, 0.2) is 16.6 Å². The number of carbonyl (C=O) groups is 2. The third-order valence-corrected chi connectivity index (χ3v) is 4.87. The molecule has 0 atom stereocenters. The average Bonchev–Trinajstić information content (AvgIpc) is 2.68. The number of hydrogen-bond donors (Lipinski definition) is 1. The van der Waals surface area contributed by atoms with E-state index in [0.717, 1.165) is 11.1 Å². The van der Waals surface area contributed by atoms with Crippen LogP contribution in [0.3, 0.4) is 0 Å². The van der Waals surface area contributed by atoms with Crippen LogP contribution in [0.25, 0.3) is 6.08 Å². The van der Waals surface area contributed by atoms with Crippen LogP contribution >= 0.6 is 12.2 Å². The van der Waals surface area contributed by atoms with Crippen molar-refractivity contribution in [3.05, 3.63) is 58.7 Å². The van der Waals surface area contributed by atoms with Crippen molar-refractivity contribution >= 4 is 40.9 Å². The highest BCUT2D eigenvalue weighted by molar-refractivity contribution is 7.80. The van der Waals surface area contributed by atoms with Gasteiger partial charge in [0.2, 0.25) is 0 Å². The fourth-order valence-corrected chi connectivity index (χ4v) is 3.44. The molecule has 0 saturated carbocycles. The van der Waals surface area contributed by atoms with E-state index in [2.05, 4.69) is 5.32 Å². The Labute approximate surface area is 181 Å². The molecule has 2 aromatic carbocycles. The SMILES string of the molecule is COc1cccc(/C=C2\C(=O)NC(=S)N(c3cc(C)ccc3C)C2=O)c1OC(C)C. The molecular weight excluding hydrogens is 400 g/mol. The lowest BCUT2D eigenvalue weighted by Gasteiger charge is -2.30. The van der Waals surface area contributed by atoms with Crippen molar-refractivity contribution in [3.63, 3.8) is 0 Å². The molecule has 1 aliphatic rings. The minimum atomic E-state index is -0.551. The Bertz CT molecular complexity index is 1060. The number of anilines is 1. The number of ether oxygens (including phenoxy) is 2. The fraction of sp³-hybridized carbons (Fsp3) is 0.261. The third-order valence-electron chi connectivity index (χ3n) is 4.59. The van der Waals surface area contributed by atoms with Crippen molar-refractivity contribution in [1.82, 2.24) is 5.32 Å². The van der Waals surface area contributed by atoms with Gasteiger partial charge in [-0.2, -0.15) is 0 Å². The zero-order valence-electron chi connectivity index (χ0n) is 17.6. The smallest absolute Gasteiger partial charge is 0.270 e. The van der Waals surface area contributed by atoms with E-state index in [0.29, 0.717) is 22.7 Å². The largest absolute Gasteiger partial charge is 0.493 e. The molecule has 1 N–H and O–H groups in total. The monoisotopic (exact) mass is 424 g/mol. The van der Waals surface area contributed by atoms with Crippen molar-refractivity contribution in [1.29, 1.82) is 0 Å². The summed E-state index contributed by atoms with van der Waals surface area (Å²) in [6, 6.07) is 11.0. The molecule has 0 aliphatic carbocycles. The van der Waals surface area contributed by atoms with Crippen molar-refractivity contribution in [2.45, 2.75) is 33.8 Å². The summed E-state index contributed by atoms with van der Waals surface area (Å²) in [5, 5.41) is 2.68. The van der Waals surface area contributed by atoms with Gasteiger partial charge in [-0.3, -0.25) is 19.8 Å². The molecule has 3 rings (SSSR count). The molecule has 1 saturated heterocycles. The van der Waals surface area contributed by atoms with Crippen LogP contribution in [0, 0.1) is 13.8 Å². The number of amides is 2. The molecule has 2 amide bonds. The number of thiocarbonyl (C=S) groups is 1. The van der Waals surface area contributed by atoms with Crippen molar-refractivity contribution < 1.29 is 19.1 Å². The second-order valence-electron chi connectivity index (χ2n) is 7.29. The average molecular weight is 425 g/mol. The van der Waals surface area contributed by atoms with E-state index >= 15 is 0 Å². The summed E-state index contributed by atoms with van der Waals surface area (Å²) in [4.78, 5) is 27.3. The number of carbonyl (C=O) groups excluding carboxylic acids is 2. The molecule has 0 aromatic heterocycles. The minimum absolute atomic E-state index is 0.0358. The van der Waals surface area contributed by atoms with Gasteiger partial charge in [-0.05, 0) is 69.2 Å². The Kier molecular flexibility index (Phi) is 6.22. The van der Waals surface area contributed by atoms with E-state index in [-0.39, 0.29) is 16.8 Å². The first-order chi connectivity index (χ1) is 14.2. The number of nitrogens with zero attached hydrogens (tertiary/aromatic N) is 1. The molecule has 0 unspecified atom stereocenters. The van der Waals surface area contributed by atoms with E-state index in [1.807, 2.05) is 45.9 Å². The van der Waals surface area contributed by atoms with Crippen LogP contribution in [0.2, 0.25) is 0 Å². The van der Waals surface area contributed by atoms with E-state index in [4.69, 9.17) is 21.7 Å². The highest BCUT2D eigenvalue weighted by Crippen LogP contribution is 2.34. The predicted molar refractivity (Wildman–Crippen MR) is 121 cm³/mol. The highest BCUT2D eigenvalue weighted by atomic mass is 32.1. The quantitative estimate of drug-likeness (QED) is 0.448. The number of rotatable bonds is 5. The molecule has 2 aromatic rings. The Hall–Kier alpha value is -3.19. The molecule has 1 aliphatic heterocycles. The van der Waals surface area contributed by atoms with Crippen LogP contribution < -0.4 is 19.7 Å². The maximum atomic E-state index is 13.3. The molecule has 0 spiro atoms. The zero-order valence-corrected chi connectivity index (χ0v) is 18.4. The Morgan fingerprint density at radius 2 is 1.87 bits per heavy atom. The van der Waals surface area contributed by atoms with Gasteiger partial charge in [-0.1, -0.05) is 24.3 Å². The summed E-state index contributed by atoms with van der Waals surface area (Å²) in [7, 11) is 1.54. The number of benzene rings is 2. The number of aryl methyl sites for hydroxylation is 2. The van der Waals surface area contributed by atoms with Gasteiger partial charge in [0.25, 0.3) is 11.8 Å².